The molecular weight excluding hydrogens is 270 g/mol. The predicted molar refractivity (Wildman–Crippen MR) is 68.4 cm³/mol. The van der Waals surface area contributed by atoms with Gasteiger partial charge in [0.05, 0.1) is 10.9 Å². The fourth-order valence-corrected chi connectivity index (χ4v) is 2.54. The first-order valence-corrected chi connectivity index (χ1v) is 5.91. The molecule has 0 unspecified atom stereocenters. The number of hydrogen-bond donors (Lipinski definition) is 1. The number of likely N-dealkylation sites (N-methyl/N-ethyl adjacent to an activating group) is 1. The van der Waals surface area contributed by atoms with E-state index in [2.05, 4.69) is 0 Å². The molecule has 2 heterocycles. The molecule has 1 aromatic heterocycles. The number of nitrogens with zero attached hydrogens (tertiary/aromatic N) is 2. The number of anilines is 1. The maximum Gasteiger partial charge on any atom is 0.341 e. The van der Waals surface area contributed by atoms with Gasteiger partial charge in [-0.1, -0.05) is 0 Å². The van der Waals surface area contributed by atoms with Gasteiger partial charge in [0.1, 0.15) is 11.3 Å². The molecule has 7 heteroatoms. The molecular formula is C13H10F2N2O3. The Morgan fingerprint density at radius 3 is 2.70 bits per heavy atom. The summed E-state index contributed by atoms with van der Waals surface area (Å²) in [5.41, 5.74) is -1.04. The second-order valence-corrected chi connectivity index (χ2v) is 4.71. The van der Waals surface area contributed by atoms with Crippen LogP contribution in [0.1, 0.15) is 10.4 Å². The normalized spacial score (nSPS) is 13.8. The molecule has 0 atom stereocenters. The SMILES string of the molecule is CN1CCn2cc(C(=O)O)c(=O)c3cc(F)c(F)c1c32. The second-order valence-electron chi connectivity index (χ2n) is 4.71. The van der Waals surface area contributed by atoms with Gasteiger partial charge in [-0.15, -0.1) is 0 Å². The van der Waals surface area contributed by atoms with Crippen LogP contribution in [0.5, 0.6) is 0 Å². The molecule has 0 fully saturated rings. The van der Waals surface area contributed by atoms with Crippen molar-refractivity contribution in [3.8, 4) is 0 Å². The summed E-state index contributed by atoms with van der Waals surface area (Å²) in [7, 11) is 1.59. The van der Waals surface area contributed by atoms with E-state index in [-0.39, 0.29) is 16.6 Å². The van der Waals surface area contributed by atoms with Gasteiger partial charge in [0, 0.05) is 26.3 Å². The number of pyridine rings is 1. The van der Waals surface area contributed by atoms with Crippen molar-refractivity contribution in [2.45, 2.75) is 6.54 Å². The fraction of sp³-hybridized carbons (Fsp3) is 0.231. The van der Waals surface area contributed by atoms with Crippen LogP contribution in [0.4, 0.5) is 14.5 Å². The summed E-state index contributed by atoms with van der Waals surface area (Å²) in [4.78, 5) is 24.7. The van der Waals surface area contributed by atoms with Gasteiger partial charge in [0.2, 0.25) is 5.43 Å². The molecule has 1 aliphatic rings. The minimum absolute atomic E-state index is 0.0136. The zero-order valence-electron chi connectivity index (χ0n) is 10.5. The van der Waals surface area contributed by atoms with E-state index < -0.39 is 28.6 Å². The third-order valence-corrected chi connectivity index (χ3v) is 3.52. The summed E-state index contributed by atoms with van der Waals surface area (Å²) < 4.78 is 29.1. The zero-order valence-corrected chi connectivity index (χ0v) is 10.5. The average Bonchev–Trinajstić information content (AvgIpc) is 2.39. The van der Waals surface area contributed by atoms with Gasteiger partial charge in [0.15, 0.2) is 11.6 Å². The Balaban J connectivity index is 2.56. The molecule has 1 aromatic carbocycles. The summed E-state index contributed by atoms with van der Waals surface area (Å²) in [5.74, 6) is -3.57. The van der Waals surface area contributed by atoms with E-state index in [9.17, 15) is 18.4 Å². The summed E-state index contributed by atoms with van der Waals surface area (Å²) in [6, 6.07) is 0.762. The number of aromatic nitrogens is 1. The van der Waals surface area contributed by atoms with Gasteiger partial charge in [-0.25, -0.2) is 13.6 Å². The molecule has 0 radical (unpaired) electrons. The number of benzene rings is 1. The molecule has 0 bridgehead atoms. The van der Waals surface area contributed by atoms with Crippen LogP contribution < -0.4 is 10.3 Å². The van der Waals surface area contributed by atoms with Crippen molar-refractivity contribution >= 4 is 22.6 Å². The monoisotopic (exact) mass is 280 g/mol. The number of aromatic carboxylic acids is 1. The van der Waals surface area contributed by atoms with Gasteiger partial charge >= 0.3 is 5.97 Å². The van der Waals surface area contributed by atoms with Crippen LogP contribution >= 0.6 is 0 Å². The maximum absolute atomic E-state index is 13.9. The molecule has 2 aromatic rings. The summed E-state index contributed by atoms with van der Waals surface area (Å²) in [6.07, 6.45) is 1.18. The van der Waals surface area contributed by atoms with Crippen LogP contribution in [0.2, 0.25) is 0 Å². The van der Waals surface area contributed by atoms with Gasteiger partial charge < -0.3 is 14.6 Å². The largest absolute Gasteiger partial charge is 0.477 e. The molecule has 0 spiro atoms. The summed E-state index contributed by atoms with van der Waals surface area (Å²) in [6.45, 7) is 0.788. The van der Waals surface area contributed by atoms with Crippen molar-refractivity contribution < 1.29 is 18.7 Å². The molecule has 5 nitrogen and oxygen atoms in total. The maximum atomic E-state index is 13.9. The predicted octanol–water partition coefficient (Wildman–Crippen LogP) is 1.43. The minimum atomic E-state index is -1.38. The number of carboxylic acids is 1. The Morgan fingerprint density at radius 1 is 1.35 bits per heavy atom. The Bertz CT molecular complexity index is 814. The Morgan fingerprint density at radius 2 is 2.05 bits per heavy atom. The zero-order chi connectivity index (χ0) is 14.6. The van der Waals surface area contributed by atoms with Crippen LogP contribution in [0, 0.1) is 11.6 Å². The van der Waals surface area contributed by atoms with Gasteiger partial charge in [-0.2, -0.15) is 0 Å². The van der Waals surface area contributed by atoms with Crippen LogP contribution in [0.15, 0.2) is 17.1 Å². The van der Waals surface area contributed by atoms with Crippen molar-refractivity contribution in [1.29, 1.82) is 0 Å². The standard InChI is InChI=1S/C13H10F2N2O3/c1-16-2-3-17-5-7(13(19)20)12(18)6-4-8(14)9(15)11(16)10(6)17/h4-5H,2-3H2,1H3,(H,19,20). The highest BCUT2D eigenvalue weighted by atomic mass is 19.2. The van der Waals surface area contributed by atoms with E-state index in [1.165, 1.54) is 15.7 Å². The van der Waals surface area contributed by atoms with Gasteiger partial charge in [-0.3, -0.25) is 4.79 Å². The van der Waals surface area contributed by atoms with E-state index in [0.717, 1.165) is 6.07 Å². The minimum Gasteiger partial charge on any atom is -0.477 e. The summed E-state index contributed by atoms with van der Waals surface area (Å²) >= 11 is 0. The van der Waals surface area contributed by atoms with Crippen molar-refractivity contribution in [3.05, 3.63) is 39.7 Å². The first-order valence-electron chi connectivity index (χ1n) is 5.91. The highest BCUT2D eigenvalue weighted by molar-refractivity contribution is 5.97. The van der Waals surface area contributed by atoms with Crippen LogP contribution in [-0.4, -0.2) is 29.2 Å². The lowest BCUT2D eigenvalue weighted by molar-refractivity contribution is 0.0695. The number of carboxylic acid groups (broad SMARTS) is 1. The second kappa shape index (κ2) is 4.03. The first-order chi connectivity index (χ1) is 9.41. The van der Waals surface area contributed by atoms with Crippen LogP contribution in [-0.2, 0) is 6.54 Å². The van der Waals surface area contributed by atoms with E-state index in [1.807, 2.05) is 0 Å². The van der Waals surface area contributed by atoms with Gasteiger partial charge in [-0.05, 0) is 6.07 Å². The Kier molecular flexibility index (Phi) is 2.53. The molecule has 0 saturated heterocycles. The van der Waals surface area contributed by atoms with Crippen LogP contribution in [0.25, 0.3) is 10.9 Å². The van der Waals surface area contributed by atoms with Crippen molar-refractivity contribution in [2.24, 2.45) is 0 Å². The molecule has 3 rings (SSSR count). The molecule has 0 saturated carbocycles. The molecule has 1 aliphatic heterocycles. The van der Waals surface area contributed by atoms with Crippen molar-refractivity contribution in [1.82, 2.24) is 4.57 Å². The van der Waals surface area contributed by atoms with E-state index in [4.69, 9.17) is 5.11 Å². The lowest BCUT2D eigenvalue weighted by Crippen LogP contribution is -2.32. The number of rotatable bonds is 1. The highest BCUT2D eigenvalue weighted by Gasteiger charge is 2.26. The fourth-order valence-electron chi connectivity index (χ4n) is 2.54. The molecule has 0 aliphatic carbocycles. The Labute approximate surface area is 111 Å². The average molecular weight is 280 g/mol. The van der Waals surface area contributed by atoms with Crippen LogP contribution in [0.3, 0.4) is 0 Å². The van der Waals surface area contributed by atoms with E-state index >= 15 is 0 Å². The Hall–Kier alpha value is -2.44. The van der Waals surface area contributed by atoms with Crippen molar-refractivity contribution in [3.63, 3.8) is 0 Å². The summed E-state index contributed by atoms with van der Waals surface area (Å²) in [5, 5.41) is 8.90. The lowest BCUT2D eigenvalue weighted by atomic mass is 10.1. The van der Waals surface area contributed by atoms with Gasteiger partial charge in [0.25, 0.3) is 0 Å². The quantitative estimate of drug-likeness (QED) is 0.858. The molecule has 1 N–H and O–H groups in total. The molecule has 0 amide bonds. The third kappa shape index (κ3) is 1.52. The number of halogens is 2. The highest BCUT2D eigenvalue weighted by Crippen LogP contribution is 2.32. The molecule has 20 heavy (non-hydrogen) atoms. The van der Waals surface area contributed by atoms with Crippen molar-refractivity contribution in [2.75, 3.05) is 18.5 Å². The smallest absolute Gasteiger partial charge is 0.341 e. The topological polar surface area (TPSA) is 62.5 Å². The van der Waals surface area contributed by atoms with E-state index in [1.54, 1.807) is 7.05 Å². The lowest BCUT2D eigenvalue weighted by Gasteiger charge is -2.29. The molecule has 104 valence electrons. The number of hydrogen-bond acceptors (Lipinski definition) is 3. The number of carbonyl (C=O) groups is 1. The first kappa shape index (κ1) is 12.6. The third-order valence-electron chi connectivity index (χ3n) is 3.52. The van der Waals surface area contributed by atoms with E-state index in [0.29, 0.717) is 13.1 Å².